The van der Waals surface area contributed by atoms with Gasteiger partial charge in [-0.05, 0) is 38.0 Å². The van der Waals surface area contributed by atoms with Crippen LogP contribution in [0, 0.1) is 13.8 Å². The fourth-order valence-corrected chi connectivity index (χ4v) is 4.54. The molecule has 136 valence electrons. The van der Waals surface area contributed by atoms with Gasteiger partial charge in [0.05, 0.1) is 16.8 Å². The van der Waals surface area contributed by atoms with E-state index in [1.807, 2.05) is 51.1 Å². The minimum atomic E-state index is -0.0838. The third-order valence-corrected chi connectivity index (χ3v) is 6.13. The van der Waals surface area contributed by atoms with Gasteiger partial charge in [0.25, 0.3) is 5.56 Å². The summed E-state index contributed by atoms with van der Waals surface area (Å²) in [7, 11) is 0. The van der Waals surface area contributed by atoms with E-state index in [4.69, 9.17) is 4.98 Å². The Hall–Kier alpha value is -2.12. The number of nitrogens with one attached hydrogen (secondary N) is 1. The Morgan fingerprint density at radius 2 is 2.00 bits per heavy atom. The molecule has 1 amide bonds. The highest BCUT2D eigenvalue weighted by Crippen LogP contribution is 2.29. The summed E-state index contributed by atoms with van der Waals surface area (Å²) in [4.78, 5) is 31.7. The maximum absolute atomic E-state index is 13.2. The van der Waals surface area contributed by atoms with Gasteiger partial charge in [-0.1, -0.05) is 36.9 Å². The van der Waals surface area contributed by atoms with Crippen LogP contribution in [0.2, 0.25) is 0 Å². The van der Waals surface area contributed by atoms with Gasteiger partial charge in [-0.25, -0.2) is 4.98 Å². The molecule has 0 aliphatic rings. The molecule has 0 saturated carbocycles. The Morgan fingerprint density at radius 3 is 2.69 bits per heavy atom. The fourth-order valence-electron chi connectivity index (χ4n) is 2.62. The molecule has 0 radical (unpaired) electrons. The lowest BCUT2D eigenvalue weighted by Crippen LogP contribution is -2.27. The normalized spacial score (nSPS) is 11.0. The molecule has 1 aromatic carbocycles. The van der Waals surface area contributed by atoms with Gasteiger partial charge in [0, 0.05) is 11.4 Å². The van der Waals surface area contributed by atoms with Gasteiger partial charge in [0.15, 0.2) is 5.16 Å². The number of carbonyl (C=O) groups is 1. The molecular weight excluding hydrogens is 366 g/mol. The largest absolute Gasteiger partial charge is 0.355 e. The van der Waals surface area contributed by atoms with Crippen molar-refractivity contribution in [2.45, 2.75) is 32.3 Å². The third-order valence-electron chi connectivity index (χ3n) is 4.09. The lowest BCUT2D eigenvalue weighted by Gasteiger charge is -2.12. The van der Waals surface area contributed by atoms with E-state index in [2.05, 4.69) is 5.32 Å². The summed E-state index contributed by atoms with van der Waals surface area (Å²) in [5, 5.41) is 4.06. The topological polar surface area (TPSA) is 64.0 Å². The zero-order valence-electron chi connectivity index (χ0n) is 15.0. The van der Waals surface area contributed by atoms with Crippen LogP contribution in [0.4, 0.5) is 0 Å². The lowest BCUT2D eigenvalue weighted by molar-refractivity contribution is -0.118. The molecular formula is C19H21N3O2S2. The Morgan fingerprint density at radius 1 is 1.27 bits per heavy atom. The van der Waals surface area contributed by atoms with Gasteiger partial charge in [-0.2, -0.15) is 0 Å². The molecule has 2 heterocycles. The van der Waals surface area contributed by atoms with Gasteiger partial charge >= 0.3 is 0 Å². The average molecular weight is 388 g/mol. The summed E-state index contributed by atoms with van der Waals surface area (Å²) in [5.74, 6) is 0.179. The van der Waals surface area contributed by atoms with E-state index >= 15 is 0 Å². The van der Waals surface area contributed by atoms with E-state index in [-0.39, 0.29) is 17.2 Å². The first-order valence-corrected chi connectivity index (χ1v) is 10.3. The number of fused-ring (bicyclic) bond motifs is 1. The fraction of sp³-hybridized carbons (Fsp3) is 0.316. The molecule has 0 aliphatic heterocycles. The first kappa shape index (κ1) is 18.7. The number of aryl methyl sites for hydroxylation is 2. The van der Waals surface area contributed by atoms with Crippen molar-refractivity contribution < 1.29 is 4.79 Å². The van der Waals surface area contributed by atoms with Crippen molar-refractivity contribution in [1.29, 1.82) is 0 Å². The maximum Gasteiger partial charge on any atom is 0.267 e. The summed E-state index contributed by atoms with van der Waals surface area (Å²) >= 11 is 2.81. The van der Waals surface area contributed by atoms with Crippen molar-refractivity contribution in [2.24, 2.45) is 0 Å². The highest BCUT2D eigenvalue weighted by molar-refractivity contribution is 7.99. The van der Waals surface area contributed by atoms with Crippen molar-refractivity contribution in [1.82, 2.24) is 14.9 Å². The van der Waals surface area contributed by atoms with Crippen LogP contribution in [0.1, 0.15) is 23.8 Å². The molecule has 0 bridgehead atoms. The van der Waals surface area contributed by atoms with E-state index < -0.39 is 0 Å². The molecule has 3 rings (SSSR count). The van der Waals surface area contributed by atoms with Gasteiger partial charge in [-0.15, -0.1) is 11.3 Å². The molecule has 7 heteroatoms. The first-order chi connectivity index (χ1) is 12.5. The van der Waals surface area contributed by atoms with Crippen LogP contribution in [-0.2, 0) is 4.79 Å². The molecule has 0 spiro atoms. The van der Waals surface area contributed by atoms with E-state index in [0.29, 0.717) is 17.1 Å². The van der Waals surface area contributed by atoms with E-state index in [1.54, 1.807) is 4.57 Å². The Kier molecular flexibility index (Phi) is 5.78. The predicted octanol–water partition coefficient (Wildman–Crippen LogP) is 3.68. The van der Waals surface area contributed by atoms with Crippen LogP contribution in [0.25, 0.3) is 15.9 Å². The minimum Gasteiger partial charge on any atom is -0.355 e. The number of para-hydroxylation sites is 1. The second-order valence-electron chi connectivity index (χ2n) is 5.97. The summed E-state index contributed by atoms with van der Waals surface area (Å²) < 4.78 is 1.61. The standard InChI is InChI=1S/C19H21N3O2S2/c1-4-10-20-15(23)11-25-19-21-17-16(12(2)13(3)26-17)18(24)22(19)14-8-6-5-7-9-14/h5-9H,4,10-11H2,1-3H3,(H,20,23). The number of thiophene rings is 1. The number of thioether (sulfide) groups is 1. The minimum absolute atomic E-state index is 0.0515. The van der Waals surface area contributed by atoms with Gasteiger partial charge in [-0.3, -0.25) is 14.2 Å². The Labute approximate surface area is 160 Å². The SMILES string of the molecule is CCCNC(=O)CSc1nc2sc(C)c(C)c2c(=O)n1-c1ccccc1. The average Bonchev–Trinajstić information content (AvgIpc) is 2.93. The van der Waals surface area contributed by atoms with Gasteiger partial charge in [0.2, 0.25) is 5.91 Å². The number of hydrogen-bond acceptors (Lipinski definition) is 5. The number of amides is 1. The molecule has 0 unspecified atom stereocenters. The molecule has 0 saturated heterocycles. The molecule has 3 aromatic rings. The van der Waals surface area contributed by atoms with Crippen molar-refractivity contribution in [3.05, 3.63) is 51.1 Å². The highest BCUT2D eigenvalue weighted by Gasteiger charge is 2.18. The summed E-state index contributed by atoms with van der Waals surface area (Å²) in [6.07, 6.45) is 0.892. The smallest absolute Gasteiger partial charge is 0.267 e. The van der Waals surface area contributed by atoms with Crippen LogP contribution in [0.15, 0.2) is 40.3 Å². The van der Waals surface area contributed by atoms with Crippen LogP contribution in [0.3, 0.4) is 0 Å². The van der Waals surface area contributed by atoms with E-state index in [0.717, 1.165) is 27.4 Å². The highest BCUT2D eigenvalue weighted by atomic mass is 32.2. The Bertz CT molecular complexity index is 993. The number of hydrogen-bond donors (Lipinski definition) is 1. The first-order valence-electron chi connectivity index (χ1n) is 8.50. The molecule has 0 fully saturated rings. The number of carbonyl (C=O) groups excluding carboxylic acids is 1. The van der Waals surface area contributed by atoms with Crippen LogP contribution < -0.4 is 10.9 Å². The second kappa shape index (κ2) is 8.05. The van der Waals surface area contributed by atoms with Crippen molar-refractivity contribution >= 4 is 39.2 Å². The molecule has 0 atom stereocenters. The maximum atomic E-state index is 13.2. The molecule has 5 nitrogen and oxygen atoms in total. The van der Waals surface area contributed by atoms with E-state index in [1.165, 1.54) is 23.1 Å². The van der Waals surface area contributed by atoms with Crippen molar-refractivity contribution in [3.63, 3.8) is 0 Å². The number of benzene rings is 1. The summed E-state index contributed by atoms with van der Waals surface area (Å²) in [6.45, 7) is 6.62. The number of aromatic nitrogens is 2. The Balaban J connectivity index is 2.08. The molecule has 26 heavy (non-hydrogen) atoms. The van der Waals surface area contributed by atoms with Gasteiger partial charge in [0.1, 0.15) is 4.83 Å². The van der Waals surface area contributed by atoms with Crippen LogP contribution in [-0.4, -0.2) is 27.8 Å². The zero-order chi connectivity index (χ0) is 18.7. The second-order valence-corrected chi connectivity index (χ2v) is 8.12. The predicted molar refractivity (Wildman–Crippen MR) is 109 cm³/mol. The zero-order valence-corrected chi connectivity index (χ0v) is 16.7. The lowest BCUT2D eigenvalue weighted by atomic mass is 10.2. The number of rotatable bonds is 6. The van der Waals surface area contributed by atoms with Crippen molar-refractivity contribution in [3.8, 4) is 5.69 Å². The van der Waals surface area contributed by atoms with E-state index in [9.17, 15) is 9.59 Å². The molecule has 1 N–H and O–H groups in total. The van der Waals surface area contributed by atoms with Gasteiger partial charge < -0.3 is 5.32 Å². The quantitative estimate of drug-likeness (QED) is 0.518. The summed E-state index contributed by atoms with van der Waals surface area (Å²) in [5.41, 5.74) is 1.65. The van der Waals surface area contributed by atoms with Crippen LogP contribution >= 0.6 is 23.1 Å². The summed E-state index contributed by atoms with van der Waals surface area (Å²) in [6, 6.07) is 9.45. The molecule has 0 aliphatic carbocycles. The van der Waals surface area contributed by atoms with Crippen molar-refractivity contribution in [2.75, 3.05) is 12.3 Å². The van der Waals surface area contributed by atoms with Crippen LogP contribution in [0.5, 0.6) is 0 Å². The third kappa shape index (κ3) is 3.68. The number of nitrogens with zero attached hydrogens (tertiary/aromatic N) is 2. The molecule has 2 aromatic heterocycles. The monoisotopic (exact) mass is 387 g/mol.